The van der Waals surface area contributed by atoms with Crippen LogP contribution in [0.4, 0.5) is 0 Å². The Morgan fingerprint density at radius 2 is 2.27 bits per heavy atom. The van der Waals surface area contributed by atoms with E-state index in [0.29, 0.717) is 0 Å². The zero-order chi connectivity index (χ0) is 11.5. The normalized spacial score (nSPS) is 14.7. The van der Waals surface area contributed by atoms with E-state index in [4.69, 9.17) is 0 Å². The van der Waals surface area contributed by atoms with Gasteiger partial charge in [-0.05, 0) is 27.7 Å². The van der Waals surface area contributed by atoms with Crippen molar-refractivity contribution in [1.82, 2.24) is 9.78 Å². The molecule has 1 unspecified atom stereocenters. The smallest absolute Gasteiger partial charge is 0.144 e. The summed E-state index contributed by atoms with van der Waals surface area (Å²) in [5.74, 6) is 0. The van der Waals surface area contributed by atoms with E-state index in [-0.39, 0.29) is 4.75 Å². The zero-order valence-electron chi connectivity index (χ0n) is 9.60. The second-order valence-electron chi connectivity index (χ2n) is 4.23. The van der Waals surface area contributed by atoms with Gasteiger partial charge in [0.1, 0.15) is 11.0 Å². The van der Waals surface area contributed by atoms with Crippen LogP contribution in [0.15, 0.2) is 16.8 Å². The van der Waals surface area contributed by atoms with Gasteiger partial charge >= 0.3 is 0 Å². The molecule has 1 rings (SSSR count). The van der Waals surface area contributed by atoms with Gasteiger partial charge in [0.2, 0.25) is 0 Å². The van der Waals surface area contributed by atoms with Gasteiger partial charge in [-0.1, -0.05) is 0 Å². The average molecular weight is 227 g/mol. The summed E-state index contributed by atoms with van der Waals surface area (Å²) < 4.78 is 17.1. The summed E-state index contributed by atoms with van der Waals surface area (Å²) in [6.07, 6.45) is 5.21. The van der Waals surface area contributed by atoms with Crippen molar-refractivity contribution in [3.63, 3.8) is 0 Å². The molecule has 0 radical (unpaired) electrons. The summed E-state index contributed by atoms with van der Waals surface area (Å²) in [6, 6.07) is 0. The molecule has 0 spiro atoms. The Morgan fingerprint density at radius 1 is 1.60 bits per heavy atom. The van der Waals surface area contributed by atoms with Crippen LogP contribution >= 0.6 is 0 Å². The van der Waals surface area contributed by atoms with Crippen molar-refractivity contribution in [2.24, 2.45) is 4.40 Å². The van der Waals surface area contributed by atoms with Gasteiger partial charge in [-0.3, -0.25) is 4.68 Å². The maximum absolute atomic E-state index is 11.6. The quantitative estimate of drug-likeness (QED) is 0.739. The Bertz CT molecular complexity index is 376. The Kier molecular flexibility index (Phi) is 3.79. The highest BCUT2D eigenvalue weighted by molar-refractivity contribution is 7.85. The lowest BCUT2D eigenvalue weighted by molar-refractivity contribution is 0.651. The predicted octanol–water partition coefficient (Wildman–Crippen LogP) is 1.78. The minimum atomic E-state index is -1.20. The molecule has 0 aliphatic rings. The lowest BCUT2D eigenvalue weighted by Gasteiger charge is -2.12. The number of aryl methyl sites for hydroxylation is 1. The molecule has 4 nitrogen and oxygen atoms in total. The first-order valence-electron chi connectivity index (χ1n) is 4.92. The molecule has 5 heteroatoms. The van der Waals surface area contributed by atoms with Gasteiger partial charge in [0, 0.05) is 24.5 Å². The number of hydrogen-bond donors (Lipinski definition) is 0. The van der Waals surface area contributed by atoms with Crippen LogP contribution in [-0.4, -0.2) is 25.0 Å². The van der Waals surface area contributed by atoms with E-state index < -0.39 is 11.0 Å². The van der Waals surface area contributed by atoms with E-state index in [1.54, 1.807) is 17.1 Å². The average Bonchev–Trinajstić information content (AvgIpc) is 2.60. The Hall–Kier alpha value is -0.970. The van der Waals surface area contributed by atoms with E-state index >= 15 is 0 Å². The van der Waals surface area contributed by atoms with Crippen molar-refractivity contribution in [1.29, 1.82) is 0 Å². The molecular weight excluding hydrogens is 210 g/mol. The van der Waals surface area contributed by atoms with Gasteiger partial charge in [0.05, 0.1) is 10.9 Å². The molecule has 0 aromatic carbocycles. The molecule has 1 heterocycles. The maximum Gasteiger partial charge on any atom is 0.144 e. The third-order valence-corrected chi connectivity index (χ3v) is 3.14. The van der Waals surface area contributed by atoms with E-state index in [0.717, 1.165) is 12.1 Å². The topological polar surface area (TPSA) is 47.2 Å². The van der Waals surface area contributed by atoms with E-state index in [9.17, 15) is 4.21 Å². The molecule has 0 saturated carbocycles. The molecular formula is C10H17N3OS. The number of rotatable bonds is 3. The Labute approximate surface area is 93.0 Å². The van der Waals surface area contributed by atoms with Crippen LogP contribution in [0.1, 0.15) is 33.3 Å². The van der Waals surface area contributed by atoms with Crippen LogP contribution in [-0.2, 0) is 17.5 Å². The third-order valence-electron chi connectivity index (χ3n) is 1.80. The summed E-state index contributed by atoms with van der Waals surface area (Å²) in [5, 5.41) is 4.10. The van der Waals surface area contributed by atoms with E-state index in [2.05, 4.69) is 9.50 Å². The first kappa shape index (κ1) is 12.1. The number of nitrogens with zero attached hydrogens (tertiary/aromatic N) is 3. The molecule has 0 aliphatic carbocycles. The minimum absolute atomic E-state index is 0.308. The molecule has 15 heavy (non-hydrogen) atoms. The highest BCUT2D eigenvalue weighted by atomic mass is 32.2. The molecule has 0 fully saturated rings. The maximum atomic E-state index is 11.6. The van der Waals surface area contributed by atoms with Gasteiger partial charge in [-0.15, -0.1) is 0 Å². The summed E-state index contributed by atoms with van der Waals surface area (Å²) in [7, 11) is -1.20. The van der Waals surface area contributed by atoms with E-state index in [1.165, 1.54) is 0 Å². The Morgan fingerprint density at radius 3 is 2.73 bits per heavy atom. The predicted molar refractivity (Wildman–Crippen MR) is 63.4 cm³/mol. The van der Waals surface area contributed by atoms with Crippen LogP contribution in [0.5, 0.6) is 0 Å². The number of hydrogen-bond acceptors (Lipinski definition) is 2. The summed E-state index contributed by atoms with van der Waals surface area (Å²) in [6.45, 7) is 8.54. The standard InChI is InChI=1S/C10H17N3OS/c1-5-13-8-9(6-11-13)7-12-15(14)10(2,3)4/h6-8H,5H2,1-4H3/b12-7+. The lowest BCUT2D eigenvalue weighted by Crippen LogP contribution is -2.19. The molecule has 84 valence electrons. The molecule has 0 bridgehead atoms. The van der Waals surface area contributed by atoms with Gasteiger partial charge in [-0.25, -0.2) is 4.21 Å². The van der Waals surface area contributed by atoms with Gasteiger partial charge < -0.3 is 0 Å². The van der Waals surface area contributed by atoms with Crippen molar-refractivity contribution in [3.05, 3.63) is 18.0 Å². The fourth-order valence-electron chi connectivity index (χ4n) is 0.886. The van der Waals surface area contributed by atoms with Crippen molar-refractivity contribution in [2.45, 2.75) is 39.0 Å². The van der Waals surface area contributed by atoms with Crippen LogP contribution in [0, 0.1) is 0 Å². The van der Waals surface area contributed by atoms with Crippen LogP contribution < -0.4 is 0 Å². The first-order valence-corrected chi connectivity index (χ1v) is 6.02. The lowest BCUT2D eigenvalue weighted by atomic mass is 10.3. The van der Waals surface area contributed by atoms with Gasteiger partial charge in [-0.2, -0.15) is 9.50 Å². The Balaban J connectivity index is 2.70. The van der Waals surface area contributed by atoms with Gasteiger partial charge in [0.15, 0.2) is 0 Å². The largest absolute Gasteiger partial charge is 0.272 e. The minimum Gasteiger partial charge on any atom is -0.272 e. The van der Waals surface area contributed by atoms with Crippen LogP contribution in [0.2, 0.25) is 0 Å². The van der Waals surface area contributed by atoms with Crippen molar-refractivity contribution in [3.8, 4) is 0 Å². The zero-order valence-corrected chi connectivity index (χ0v) is 10.4. The molecule has 0 aliphatic heterocycles. The van der Waals surface area contributed by atoms with Crippen molar-refractivity contribution < 1.29 is 4.21 Å². The fraction of sp³-hybridized carbons (Fsp3) is 0.600. The third kappa shape index (κ3) is 3.58. The van der Waals surface area contributed by atoms with Crippen molar-refractivity contribution >= 4 is 17.2 Å². The molecule has 1 aromatic rings. The van der Waals surface area contributed by atoms with Crippen LogP contribution in [0.3, 0.4) is 0 Å². The van der Waals surface area contributed by atoms with Crippen molar-refractivity contribution in [2.75, 3.05) is 0 Å². The molecule has 1 atom stereocenters. The summed E-state index contributed by atoms with van der Waals surface area (Å²) >= 11 is 0. The summed E-state index contributed by atoms with van der Waals surface area (Å²) in [5.41, 5.74) is 0.884. The van der Waals surface area contributed by atoms with E-state index in [1.807, 2.05) is 33.9 Å². The summed E-state index contributed by atoms with van der Waals surface area (Å²) in [4.78, 5) is 0. The second kappa shape index (κ2) is 4.70. The number of aromatic nitrogens is 2. The fourth-order valence-corrected chi connectivity index (χ4v) is 1.42. The second-order valence-corrected chi connectivity index (χ2v) is 6.16. The highest BCUT2D eigenvalue weighted by Gasteiger charge is 2.18. The first-order chi connectivity index (χ1) is 6.93. The SMILES string of the molecule is CCn1cc(/C=N/S(=O)C(C)(C)C)cn1. The molecule has 0 amide bonds. The monoisotopic (exact) mass is 227 g/mol. The highest BCUT2D eigenvalue weighted by Crippen LogP contribution is 2.11. The molecule has 1 aromatic heterocycles. The van der Waals surface area contributed by atoms with Gasteiger partial charge in [0.25, 0.3) is 0 Å². The molecule has 0 saturated heterocycles. The molecule has 0 N–H and O–H groups in total. The van der Waals surface area contributed by atoms with Crippen LogP contribution in [0.25, 0.3) is 0 Å².